The minimum absolute atomic E-state index is 0.214. The number of imidazole rings is 1. The van der Waals surface area contributed by atoms with Crippen LogP contribution in [0, 0.1) is 6.92 Å². The lowest BCUT2D eigenvalue weighted by Crippen LogP contribution is -2.08. The zero-order valence-electron chi connectivity index (χ0n) is 16.4. The molecule has 2 aromatic carbocycles. The predicted molar refractivity (Wildman–Crippen MR) is 122 cm³/mol. The van der Waals surface area contributed by atoms with Crippen molar-refractivity contribution in [1.82, 2.24) is 19.0 Å². The summed E-state index contributed by atoms with van der Waals surface area (Å²) in [7, 11) is 0. The first-order valence-electron chi connectivity index (χ1n) is 9.40. The van der Waals surface area contributed by atoms with Gasteiger partial charge in [0.15, 0.2) is 0 Å². The molecule has 0 fully saturated rings. The Morgan fingerprint density at radius 3 is 2.84 bits per heavy atom. The summed E-state index contributed by atoms with van der Waals surface area (Å²) in [5, 5.41) is 3.13. The highest BCUT2D eigenvalue weighted by molar-refractivity contribution is 9.10. The number of halogens is 4. The summed E-state index contributed by atoms with van der Waals surface area (Å²) >= 11 is 4.66. The zero-order valence-corrected chi connectivity index (χ0v) is 18.8. The SMILES string of the molecule is Cc1cc(OC2=CC3=CNSN3C=C2)ccc1Nc1nc2cc(C(F)(F)F)cc(Br)c2[nH]1. The molecule has 0 aliphatic carbocycles. The number of hydrogen-bond donors (Lipinski definition) is 3. The molecule has 0 saturated carbocycles. The third-order valence-electron chi connectivity index (χ3n) is 4.84. The molecule has 32 heavy (non-hydrogen) atoms. The van der Waals surface area contributed by atoms with Crippen LogP contribution in [-0.2, 0) is 6.18 Å². The largest absolute Gasteiger partial charge is 0.457 e. The van der Waals surface area contributed by atoms with Gasteiger partial charge in [-0.3, -0.25) is 4.31 Å². The number of H-pyrrole nitrogens is 1. The van der Waals surface area contributed by atoms with Crippen LogP contribution >= 0.6 is 28.1 Å². The number of hydrogen-bond acceptors (Lipinski definition) is 6. The molecule has 2 aliphatic heterocycles. The van der Waals surface area contributed by atoms with Crippen LogP contribution in [0.5, 0.6) is 5.75 Å². The number of ether oxygens (including phenoxy) is 1. The summed E-state index contributed by atoms with van der Waals surface area (Å²) < 4.78 is 50.5. The number of benzene rings is 2. The summed E-state index contributed by atoms with van der Waals surface area (Å²) in [6, 6.07) is 7.57. The van der Waals surface area contributed by atoms with E-state index >= 15 is 0 Å². The molecular weight excluding hydrogens is 507 g/mol. The molecule has 0 radical (unpaired) electrons. The average molecular weight is 522 g/mol. The molecule has 1 aromatic heterocycles. The number of aryl methyl sites for hydroxylation is 1. The monoisotopic (exact) mass is 521 g/mol. The molecule has 3 heterocycles. The van der Waals surface area contributed by atoms with E-state index in [1.807, 2.05) is 54.0 Å². The van der Waals surface area contributed by atoms with Gasteiger partial charge in [-0.2, -0.15) is 13.2 Å². The van der Waals surface area contributed by atoms with Crippen LogP contribution in [0.25, 0.3) is 11.0 Å². The highest BCUT2D eigenvalue weighted by Crippen LogP contribution is 2.36. The lowest BCUT2D eigenvalue weighted by molar-refractivity contribution is -0.137. The van der Waals surface area contributed by atoms with Gasteiger partial charge >= 0.3 is 6.18 Å². The summed E-state index contributed by atoms with van der Waals surface area (Å²) in [5.41, 5.74) is 2.57. The van der Waals surface area contributed by atoms with Gasteiger partial charge in [0.2, 0.25) is 5.95 Å². The fraction of sp³-hybridized carbons (Fsp3) is 0.0952. The quantitative estimate of drug-likeness (QED) is 0.341. The number of alkyl halides is 3. The first-order chi connectivity index (χ1) is 15.3. The lowest BCUT2D eigenvalue weighted by Gasteiger charge is -2.18. The van der Waals surface area contributed by atoms with Gasteiger partial charge in [0.1, 0.15) is 11.5 Å². The van der Waals surface area contributed by atoms with E-state index in [1.165, 1.54) is 12.1 Å². The highest BCUT2D eigenvalue weighted by Gasteiger charge is 2.31. The Morgan fingerprint density at radius 2 is 2.06 bits per heavy atom. The third-order valence-corrected chi connectivity index (χ3v) is 6.21. The number of rotatable bonds is 4. The number of anilines is 2. The molecule has 0 atom stereocenters. The van der Waals surface area contributed by atoms with E-state index < -0.39 is 11.7 Å². The second-order valence-electron chi connectivity index (χ2n) is 7.11. The standard InChI is InChI=1S/C21H15BrF3N5OS/c1-11-6-14(31-15-4-5-30-13(9-15)10-26-32-30)2-3-17(11)27-20-28-18-8-12(21(23,24)25)7-16(22)19(18)29-20/h2-10,26H,1H3,(H2,27,28,29). The third kappa shape index (κ3) is 4.05. The van der Waals surface area contributed by atoms with Crippen LogP contribution in [0.2, 0.25) is 0 Å². The van der Waals surface area contributed by atoms with Crippen LogP contribution in [-0.4, -0.2) is 14.3 Å². The average Bonchev–Trinajstić information content (AvgIpc) is 3.35. The molecule has 3 aromatic rings. The maximum Gasteiger partial charge on any atom is 0.416 e. The normalized spacial score (nSPS) is 15.3. The van der Waals surface area contributed by atoms with E-state index in [0.717, 1.165) is 29.1 Å². The molecule has 5 rings (SSSR count). The first kappa shape index (κ1) is 20.8. The van der Waals surface area contributed by atoms with Crippen molar-refractivity contribution < 1.29 is 17.9 Å². The van der Waals surface area contributed by atoms with E-state index in [0.29, 0.717) is 27.4 Å². The van der Waals surface area contributed by atoms with Crippen molar-refractivity contribution in [2.75, 3.05) is 5.32 Å². The first-order valence-corrected chi connectivity index (χ1v) is 11.0. The van der Waals surface area contributed by atoms with Gasteiger partial charge in [0.05, 0.1) is 34.4 Å². The van der Waals surface area contributed by atoms with Crippen LogP contribution in [0.3, 0.4) is 0 Å². The molecule has 6 nitrogen and oxygen atoms in total. The number of aromatic amines is 1. The Morgan fingerprint density at radius 1 is 1.22 bits per heavy atom. The van der Waals surface area contributed by atoms with Gasteiger partial charge in [-0.15, -0.1) is 0 Å². The van der Waals surface area contributed by atoms with Crippen molar-refractivity contribution in [1.29, 1.82) is 0 Å². The maximum atomic E-state index is 13.1. The summed E-state index contributed by atoms with van der Waals surface area (Å²) in [5.74, 6) is 1.71. The fourth-order valence-electron chi connectivity index (χ4n) is 3.28. The van der Waals surface area contributed by atoms with E-state index in [4.69, 9.17) is 4.74 Å². The lowest BCUT2D eigenvalue weighted by atomic mass is 10.2. The minimum atomic E-state index is -4.44. The van der Waals surface area contributed by atoms with Gasteiger partial charge in [-0.25, -0.2) is 4.98 Å². The number of fused-ring (bicyclic) bond motifs is 2. The Kier molecular flexibility index (Phi) is 5.09. The van der Waals surface area contributed by atoms with Crippen molar-refractivity contribution in [2.24, 2.45) is 0 Å². The Labute approximate surface area is 193 Å². The smallest absolute Gasteiger partial charge is 0.416 e. The summed E-state index contributed by atoms with van der Waals surface area (Å²) in [4.78, 5) is 7.28. The van der Waals surface area contributed by atoms with Gasteiger partial charge < -0.3 is 19.8 Å². The van der Waals surface area contributed by atoms with Gasteiger partial charge in [-0.1, -0.05) is 0 Å². The highest BCUT2D eigenvalue weighted by atomic mass is 79.9. The second-order valence-corrected chi connectivity index (χ2v) is 8.77. The fourth-order valence-corrected chi connectivity index (χ4v) is 4.45. The molecule has 164 valence electrons. The number of aromatic nitrogens is 2. The Balaban J connectivity index is 1.35. The van der Waals surface area contributed by atoms with E-state index in [2.05, 4.69) is 35.9 Å². The second kappa shape index (κ2) is 7.82. The molecule has 3 N–H and O–H groups in total. The van der Waals surface area contributed by atoms with E-state index in [-0.39, 0.29) is 5.52 Å². The Hall–Kier alpha value is -3.05. The van der Waals surface area contributed by atoms with Gasteiger partial charge in [-0.05, 0) is 64.8 Å². The van der Waals surface area contributed by atoms with Crippen molar-refractivity contribution >= 4 is 50.7 Å². The van der Waals surface area contributed by atoms with Crippen LogP contribution in [0.15, 0.2) is 70.8 Å². The summed E-state index contributed by atoms with van der Waals surface area (Å²) in [6.45, 7) is 1.91. The molecule has 0 bridgehead atoms. The van der Waals surface area contributed by atoms with Crippen molar-refractivity contribution in [3.8, 4) is 5.75 Å². The van der Waals surface area contributed by atoms with Crippen LogP contribution in [0.1, 0.15) is 11.1 Å². The number of nitrogens with zero attached hydrogens (tertiary/aromatic N) is 2. The number of nitrogens with one attached hydrogen (secondary N) is 3. The molecule has 0 spiro atoms. The minimum Gasteiger partial charge on any atom is -0.457 e. The summed E-state index contributed by atoms with van der Waals surface area (Å²) in [6.07, 6.45) is 3.16. The maximum absolute atomic E-state index is 13.1. The number of allylic oxidation sites excluding steroid dienone is 2. The zero-order chi connectivity index (χ0) is 22.5. The molecule has 0 unspecified atom stereocenters. The van der Waals surface area contributed by atoms with Gasteiger partial charge in [0.25, 0.3) is 0 Å². The molecular formula is C21H15BrF3N5OS. The van der Waals surface area contributed by atoms with E-state index in [9.17, 15) is 13.2 Å². The Bertz CT molecular complexity index is 1310. The van der Waals surface area contributed by atoms with E-state index in [1.54, 1.807) is 0 Å². The molecule has 2 aliphatic rings. The topological polar surface area (TPSA) is 65.2 Å². The van der Waals surface area contributed by atoms with Crippen molar-refractivity contribution in [2.45, 2.75) is 13.1 Å². The molecule has 0 amide bonds. The van der Waals surface area contributed by atoms with Crippen molar-refractivity contribution in [3.05, 3.63) is 81.9 Å². The van der Waals surface area contributed by atoms with Crippen LogP contribution < -0.4 is 14.8 Å². The molecule has 0 saturated heterocycles. The van der Waals surface area contributed by atoms with Crippen molar-refractivity contribution in [3.63, 3.8) is 0 Å². The molecule has 11 heteroatoms. The van der Waals surface area contributed by atoms with Gasteiger partial charge in [0, 0.05) is 28.6 Å². The van der Waals surface area contributed by atoms with Crippen LogP contribution in [0.4, 0.5) is 24.8 Å². The predicted octanol–water partition coefficient (Wildman–Crippen LogP) is 6.50.